The topological polar surface area (TPSA) is 58.6 Å². The summed E-state index contributed by atoms with van der Waals surface area (Å²) in [4.78, 5) is 11.4. The van der Waals surface area contributed by atoms with Gasteiger partial charge in [0.05, 0.1) is 16.9 Å². The third kappa shape index (κ3) is 2.57. The number of para-hydroxylation sites is 1. The van der Waals surface area contributed by atoms with Crippen LogP contribution in [0.2, 0.25) is 0 Å². The zero-order valence-electron chi connectivity index (χ0n) is 12.7. The Labute approximate surface area is 141 Å². The van der Waals surface area contributed by atoms with Gasteiger partial charge in [-0.25, -0.2) is 13.6 Å². The van der Waals surface area contributed by atoms with E-state index in [0.717, 1.165) is 12.1 Å². The fourth-order valence-corrected chi connectivity index (χ4v) is 2.75. The molecule has 25 heavy (non-hydrogen) atoms. The minimum Gasteiger partial charge on any atom is -0.478 e. The summed E-state index contributed by atoms with van der Waals surface area (Å²) in [5.74, 6) is -2.00. The summed E-state index contributed by atoms with van der Waals surface area (Å²) in [6.45, 7) is 0. The maximum atomic E-state index is 13.5. The molecule has 2 N–H and O–H groups in total. The normalized spacial score (nSPS) is 11.8. The van der Waals surface area contributed by atoms with Crippen LogP contribution in [-0.2, 0) is 0 Å². The molecule has 0 spiro atoms. The number of nitrogens with one attached hydrogen (secondary N) is 1. The molecule has 3 aromatic carbocycles. The molecule has 1 heterocycles. The summed E-state index contributed by atoms with van der Waals surface area (Å²) in [6.07, 6.45) is 0. The predicted molar refractivity (Wildman–Crippen MR) is 88.6 cm³/mol. The van der Waals surface area contributed by atoms with Gasteiger partial charge in [0.25, 0.3) is 0 Å². The Hall–Kier alpha value is -3.41. The molecule has 0 radical (unpaired) electrons. The number of anilines is 2. The first kappa shape index (κ1) is 15.1. The number of halogens is 2. The second-order valence-corrected chi connectivity index (χ2v) is 5.55. The Morgan fingerprint density at radius 2 is 1.68 bits per heavy atom. The van der Waals surface area contributed by atoms with Crippen molar-refractivity contribution >= 4 is 17.3 Å². The van der Waals surface area contributed by atoms with Crippen LogP contribution in [0.15, 0.2) is 54.6 Å². The minimum atomic E-state index is -1.08. The van der Waals surface area contributed by atoms with Crippen molar-refractivity contribution in [2.24, 2.45) is 0 Å². The van der Waals surface area contributed by atoms with Crippen molar-refractivity contribution in [2.45, 2.75) is 0 Å². The van der Waals surface area contributed by atoms with E-state index >= 15 is 0 Å². The summed E-state index contributed by atoms with van der Waals surface area (Å²) >= 11 is 0. The highest BCUT2D eigenvalue weighted by Gasteiger charge is 2.22. The Balaban J connectivity index is 1.77. The second-order valence-electron chi connectivity index (χ2n) is 5.55. The predicted octanol–water partition coefficient (Wildman–Crippen LogP) is 5.18. The molecule has 0 aliphatic carbocycles. The molecule has 0 atom stereocenters. The Kier molecular flexibility index (Phi) is 3.39. The van der Waals surface area contributed by atoms with Gasteiger partial charge in [-0.05, 0) is 47.5 Å². The van der Waals surface area contributed by atoms with Gasteiger partial charge >= 0.3 is 5.97 Å². The number of benzene rings is 3. The van der Waals surface area contributed by atoms with Crippen LogP contribution in [0, 0.1) is 11.6 Å². The molecule has 0 saturated carbocycles. The van der Waals surface area contributed by atoms with Crippen LogP contribution in [0.5, 0.6) is 11.5 Å². The first-order valence-electron chi connectivity index (χ1n) is 7.43. The largest absolute Gasteiger partial charge is 0.478 e. The lowest BCUT2D eigenvalue weighted by Gasteiger charge is -2.23. The lowest BCUT2D eigenvalue weighted by atomic mass is 10.0. The molecule has 3 aromatic rings. The van der Waals surface area contributed by atoms with Crippen LogP contribution < -0.4 is 10.1 Å². The highest BCUT2D eigenvalue weighted by molar-refractivity contribution is 5.98. The highest BCUT2D eigenvalue weighted by Crippen LogP contribution is 2.44. The fourth-order valence-electron chi connectivity index (χ4n) is 2.75. The average molecular weight is 339 g/mol. The number of carboxylic acid groups (broad SMARTS) is 1. The van der Waals surface area contributed by atoms with Crippen molar-refractivity contribution in [2.75, 3.05) is 5.32 Å². The first-order chi connectivity index (χ1) is 12.0. The fraction of sp³-hybridized carbons (Fsp3) is 0. The molecule has 0 unspecified atom stereocenters. The zero-order chi connectivity index (χ0) is 17.6. The molecule has 1 aliphatic rings. The van der Waals surface area contributed by atoms with Crippen LogP contribution in [0.3, 0.4) is 0 Å². The molecule has 124 valence electrons. The van der Waals surface area contributed by atoms with Gasteiger partial charge in [0.15, 0.2) is 23.1 Å². The van der Waals surface area contributed by atoms with Crippen molar-refractivity contribution in [1.82, 2.24) is 0 Å². The first-order valence-corrected chi connectivity index (χ1v) is 7.43. The Bertz CT molecular complexity index is 1020. The molecule has 0 bridgehead atoms. The van der Waals surface area contributed by atoms with Crippen LogP contribution in [0.1, 0.15) is 10.4 Å². The number of rotatable bonds is 2. The number of aromatic carboxylic acids is 1. The van der Waals surface area contributed by atoms with Gasteiger partial charge in [-0.1, -0.05) is 18.2 Å². The van der Waals surface area contributed by atoms with Gasteiger partial charge in [-0.2, -0.15) is 0 Å². The van der Waals surface area contributed by atoms with E-state index in [-0.39, 0.29) is 5.56 Å². The Morgan fingerprint density at radius 1 is 0.920 bits per heavy atom. The molecule has 4 nitrogen and oxygen atoms in total. The summed E-state index contributed by atoms with van der Waals surface area (Å²) in [6, 6.07) is 13.5. The van der Waals surface area contributed by atoms with Crippen molar-refractivity contribution in [3.63, 3.8) is 0 Å². The van der Waals surface area contributed by atoms with E-state index in [4.69, 9.17) is 4.74 Å². The van der Waals surface area contributed by atoms with E-state index in [1.807, 2.05) is 0 Å². The number of hydrogen-bond acceptors (Lipinski definition) is 3. The Morgan fingerprint density at radius 3 is 2.44 bits per heavy atom. The molecule has 0 aromatic heterocycles. The maximum Gasteiger partial charge on any atom is 0.337 e. The van der Waals surface area contributed by atoms with E-state index in [9.17, 15) is 18.7 Å². The van der Waals surface area contributed by atoms with Gasteiger partial charge in [-0.3, -0.25) is 0 Å². The summed E-state index contributed by atoms with van der Waals surface area (Å²) in [5.41, 5.74) is 2.13. The van der Waals surface area contributed by atoms with Crippen LogP contribution >= 0.6 is 0 Å². The molecule has 1 aliphatic heterocycles. The smallest absolute Gasteiger partial charge is 0.337 e. The summed E-state index contributed by atoms with van der Waals surface area (Å²) in [7, 11) is 0. The van der Waals surface area contributed by atoms with E-state index in [1.165, 1.54) is 12.1 Å². The molecule has 0 fully saturated rings. The summed E-state index contributed by atoms with van der Waals surface area (Å²) in [5, 5.41) is 12.4. The van der Waals surface area contributed by atoms with Crippen molar-refractivity contribution < 1.29 is 23.4 Å². The average Bonchev–Trinajstić information content (AvgIpc) is 2.61. The number of hydrogen-bond donors (Lipinski definition) is 2. The maximum absolute atomic E-state index is 13.5. The van der Waals surface area contributed by atoms with Gasteiger partial charge in [0.1, 0.15) is 0 Å². The monoisotopic (exact) mass is 339 g/mol. The van der Waals surface area contributed by atoms with Gasteiger partial charge in [0, 0.05) is 0 Å². The lowest BCUT2D eigenvalue weighted by Crippen LogP contribution is -2.08. The van der Waals surface area contributed by atoms with Crippen LogP contribution in [-0.4, -0.2) is 11.1 Å². The molecule has 6 heteroatoms. The van der Waals surface area contributed by atoms with Gasteiger partial charge < -0.3 is 15.2 Å². The van der Waals surface area contributed by atoms with Crippen molar-refractivity contribution in [3.05, 3.63) is 71.8 Å². The number of fused-ring (bicyclic) bond motifs is 2. The standard InChI is InChI=1S/C19H11F2NO3/c20-13-6-4-10(8-14(13)21)11-5-7-16-15(9-11)22-18-12(19(23)24)2-1-3-17(18)25-16/h1-9,22H,(H,23,24). The van der Waals surface area contributed by atoms with E-state index < -0.39 is 17.6 Å². The third-order valence-electron chi connectivity index (χ3n) is 3.97. The molecular weight excluding hydrogens is 328 g/mol. The molecule has 0 saturated heterocycles. The number of ether oxygens (including phenoxy) is 1. The van der Waals surface area contributed by atoms with Gasteiger partial charge in [-0.15, -0.1) is 0 Å². The lowest BCUT2D eigenvalue weighted by molar-refractivity contribution is 0.0697. The molecule has 4 rings (SSSR count). The van der Waals surface area contributed by atoms with Crippen molar-refractivity contribution in [3.8, 4) is 22.6 Å². The second kappa shape index (κ2) is 5.59. The van der Waals surface area contributed by atoms with Crippen LogP contribution in [0.25, 0.3) is 11.1 Å². The minimum absolute atomic E-state index is 0.0846. The zero-order valence-corrected chi connectivity index (χ0v) is 12.7. The van der Waals surface area contributed by atoms with Crippen molar-refractivity contribution in [1.29, 1.82) is 0 Å². The number of carbonyl (C=O) groups is 1. The van der Waals surface area contributed by atoms with Gasteiger partial charge in [0.2, 0.25) is 0 Å². The quantitative estimate of drug-likeness (QED) is 0.528. The molecule has 0 amide bonds. The third-order valence-corrected chi connectivity index (χ3v) is 3.97. The number of carboxylic acids is 1. The van der Waals surface area contributed by atoms with E-state index in [2.05, 4.69) is 5.32 Å². The van der Waals surface area contributed by atoms with Crippen LogP contribution in [0.4, 0.5) is 20.2 Å². The highest BCUT2D eigenvalue weighted by atomic mass is 19.2. The van der Waals surface area contributed by atoms with E-state index in [0.29, 0.717) is 34.0 Å². The van der Waals surface area contributed by atoms with E-state index in [1.54, 1.807) is 30.3 Å². The molecular formula is C19H11F2NO3. The SMILES string of the molecule is O=C(O)c1cccc2c1Nc1cc(-c3ccc(F)c(F)c3)ccc1O2. The summed E-state index contributed by atoms with van der Waals surface area (Å²) < 4.78 is 32.3.